The number of hydrogen-bond acceptors (Lipinski definition) is 5. The van der Waals surface area contributed by atoms with Gasteiger partial charge in [-0.15, -0.1) is 0 Å². The summed E-state index contributed by atoms with van der Waals surface area (Å²) in [6.07, 6.45) is 7.26. The van der Waals surface area contributed by atoms with Gasteiger partial charge in [0.05, 0.1) is 19.0 Å². The van der Waals surface area contributed by atoms with E-state index in [9.17, 15) is 9.59 Å². The molecule has 0 saturated carbocycles. The molecule has 0 bridgehead atoms. The number of nitrogens with one attached hydrogen (secondary N) is 1. The molecule has 8 heteroatoms. The molecule has 150 valence electrons. The van der Waals surface area contributed by atoms with Crippen LogP contribution in [-0.4, -0.2) is 61.3 Å². The van der Waals surface area contributed by atoms with Crippen LogP contribution >= 0.6 is 0 Å². The molecule has 0 unspecified atom stereocenters. The Balaban J connectivity index is 1.72. The van der Waals surface area contributed by atoms with E-state index in [1.807, 2.05) is 43.8 Å². The van der Waals surface area contributed by atoms with Gasteiger partial charge in [0.25, 0.3) is 0 Å². The molecule has 0 spiro atoms. The standard InChI is InChI=1S/C20H28N6O2/c1-15(2)26(14-18-22-7-9-24(18)3)19(27)11-17-20(28)23-8-10-25(17)13-16-5-4-6-21-12-16/h4-7,9,12,15,17H,8,10-11,13-14H2,1-3H3,(H,23,28)/t17-/m1/s1. The molecule has 0 aromatic carbocycles. The van der Waals surface area contributed by atoms with Crippen LogP contribution in [-0.2, 0) is 29.7 Å². The van der Waals surface area contributed by atoms with Crippen molar-refractivity contribution in [2.45, 2.75) is 45.4 Å². The van der Waals surface area contributed by atoms with Crippen molar-refractivity contribution in [1.82, 2.24) is 29.7 Å². The Bertz CT molecular complexity index is 804. The third-order valence-corrected chi connectivity index (χ3v) is 5.09. The number of nitrogens with zero attached hydrogens (tertiary/aromatic N) is 5. The normalized spacial score (nSPS) is 17.6. The number of piperazine rings is 1. The van der Waals surface area contributed by atoms with Gasteiger partial charge in [0.1, 0.15) is 5.82 Å². The van der Waals surface area contributed by atoms with E-state index in [0.717, 1.165) is 11.4 Å². The van der Waals surface area contributed by atoms with Gasteiger partial charge < -0.3 is 14.8 Å². The van der Waals surface area contributed by atoms with Gasteiger partial charge in [-0.2, -0.15) is 0 Å². The van der Waals surface area contributed by atoms with Crippen LogP contribution < -0.4 is 5.32 Å². The molecule has 1 saturated heterocycles. The van der Waals surface area contributed by atoms with Crippen LogP contribution in [0.2, 0.25) is 0 Å². The smallest absolute Gasteiger partial charge is 0.237 e. The highest BCUT2D eigenvalue weighted by molar-refractivity contribution is 5.89. The molecule has 2 amide bonds. The maximum Gasteiger partial charge on any atom is 0.237 e. The quantitative estimate of drug-likeness (QED) is 0.768. The fourth-order valence-electron chi connectivity index (χ4n) is 3.44. The lowest BCUT2D eigenvalue weighted by Gasteiger charge is -2.36. The van der Waals surface area contributed by atoms with Crippen molar-refractivity contribution < 1.29 is 9.59 Å². The second-order valence-electron chi connectivity index (χ2n) is 7.41. The van der Waals surface area contributed by atoms with E-state index < -0.39 is 6.04 Å². The van der Waals surface area contributed by atoms with Gasteiger partial charge >= 0.3 is 0 Å². The van der Waals surface area contributed by atoms with Crippen LogP contribution in [0.4, 0.5) is 0 Å². The number of aryl methyl sites for hydroxylation is 1. The number of rotatable bonds is 7. The summed E-state index contributed by atoms with van der Waals surface area (Å²) < 4.78 is 1.91. The fourth-order valence-corrected chi connectivity index (χ4v) is 3.44. The Labute approximate surface area is 165 Å². The lowest BCUT2D eigenvalue weighted by Crippen LogP contribution is -2.56. The van der Waals surface area contributed by atoms with Crippen molar-refractivity contribution in [3.05, 3.63) is 48.3 Å². The van der Waals surface area contributed by atoms with Gasteiger partial charge in [0.2, 0.25) is 11.8 Å². The van der Waals surface area contributed by atoms with E-state index in [-0.39, 0.29) is 24.3 Å². The molecule has 1 aliphatic rings. The average Bonchev–Trinajstić information content (AvgIpc) is 3.07. The Kier molecular flexibility index (Phi) is 6.41. The topological polar surface area (TPSA) is 83.4 Å². The van der Waals surface area contributed by atoms with Crippen LogP contribution in [0.5, 0.6) is 0 Å². The molecular formula is C20H28N6O2. The highest BCUT2D eigenvalue weighted by atomic mass is 16.2. The molecule has 0 radical (unpaired) electrons. The van der Waals surface area contributed by atoms with E-state index in [2.05, 4.69) is 20.2 Å². The molecule has 1 aliphatic heterocycles. The third kappa shape index (κ3) is 4.75. The maximum atomic E-state index is 13.1. The molecular weight excluding hydrogens is 356 g/mol. The fraction of sp³-hybridized carbons (Fsp3) is 0.500. The van der Waals surface area contributed by atoms with Crippen molar-refractivity contribution in [2.75, 3.05) is 13.1 Å². The third-order valence-electron chi connectivity index (χ3n) is 5.09. The second-order valence-corrected chi connectivity index (χ2v) is 7.41. The SMILES string of the molecule is CC(C)N(Cc1nccn1C)C(=O)C[C@@H]1C(=O)NCCN1Cc1cccnc1. The summed E-state index contributed by atoms with van der Waals surface area (Å²) in [5.74, 6) is 0.683. The van der Waals surface area contributed by atoms with Crippen molar-refractivity contribution in [3.8, 4) is 0 Å². The van der Waals surface area contributed by atoms with Crippen molar-refractivity contribution >= 4 is 11.8 Å². The first-order valence-electron chi connectivity index (χ1n) is 9.62. The van der Waals surface area contributed by atoms with Gasteiger partial charge in [0.15, 0.2) is 0 Å². The summed E-state index contributed by atoms with van der Waals surface area (Å²) >= 11 is 0. The summed E-state index contributed by atoms with van der Waals surface area (Å²) in [5, 5.41) is 2.89. The Morgan fingerprint density at radius 3 is 2.86 bits per heavy atom. The highest BCUT2D eigenvalue weighted by Crippen LogP contribution is 2.17. The summed E-state index contributed by atoms with van der Waals surface area (Å²) in [7, 11) is 1.91. The molecule has 1 fully saturated rings. The maximum absolute atomic E-state index is 13.1. The minimum atomic E-state index is -0.482. The Morgan fingerprint density at radius 1 is 1.39 bits per heavy atom. The zero-order valence-corrected chi connectivity index (χ0v) is 16.7. The van der Waals surface area contributed by atoms with E-state index in [0.29, 0.717) is 26.2 Å². The summed E-state index contributed by atoms with van der Waals surface area (Å²) in [4.78, 5) is 38.0. The van der Waals surface area contributed by atoms with Gasteiger partial charge in [-0.1, -0.05) is 6.07 Å². The zero-order valence-electron chi connectivity index (χ0n) is 16.7. The second kappa shape index (κ2) is 8.97. The minimum absolute atomic E-state index is 0.0163. The Morgan fingerprint density at radius 2 is 2.21 bits per heavy atom. The minimum Gasteiger partial charge on any atom is -0.353 e. The largest absolute Gasteiger partial charge is 0.353 e. The van der Waals surface area contributed by atoms with E-state index in [4.69, 9.17) is 0 Å². The molecule has 2 aromatic rings. The number of pyridine rings is 1. The van der Waals surface area contributed by atoms with Crippen molar-refractivity contribution in [1.29, 1.82) is 0 Å². The van der Waals surface area contributed by atoms with Crippen molar-refractivity contribution in [2.24, 2.45) is 7.05 Å². The molecule has 0 aliphatic carbocycles. The molecule has 3 heterocycles. The first-order valence-corrected chi connectivity index (χ1v) is 9.62. The number of carbonyl (C=O) groups is 2. The van der Waals surface area contributed by atoms with Crippen molar-refractivity contribution in [3.63, 3.8) is 0 Å². The van der Waals surface area contributed by atoms with E-state index in [1.54, 1.807) is 23.5 Å². The summed E-state index contributed by atoms with van der Waals surface area (Å²) in [6, 6.07) is 3.40. The molecule has 1 N–H and O–H groups in total. The van der Waals surface area contributed by atoms with Crippen LogP contribution in [0.1, 0.15) is 31.7 Å². The van der Waals surface area contributed by atoms with E-state index >= 15 is 0 Å². The lowest BCUT2D eigenvalue weighted by atomic mass is 10.1. The van der Waals surface area contributed by atoms with Crippen LogP contribution in [0, 0.1) is 0 Å². The monoisotopic (exact) mass is 384 g/mol. The number of amides is 2. The number of aromatic nitrogens is 3. The number of imidazole rings is 1. The predicted molar refractivity (Wildman–Crippen MR) is 105 cm³/mol. The molecule has 2 aromatic heterocycles. The molecule has 1 atom stereocenters. The molecule has 28 heavy (non-hydrogen) atoms. The van der Waals surface area contributed by atoms with Crippen LogP contribution in [0.15, 0.2) is 36.9 Å². The first-order chi connectivity index (χ1) is 13.5. The number of hydrogen-bond donors (Lipinski definition) is 1. The van der Waals surface area contributed by atoms with Gasteiger partial charge in [-0.25, -0.2) is 4.98 Å². The van der Waals surface area contributed by atoms with Crippen LogP contribution in [0.3, 0.4) is 0 Å². The lowest BCUT2D eigenvalue weighted by molar-refractivity contribution is -0.140. The van der Waals surface area contributed by atoms with E-state index in [1.165, 1.54) is 0 Å². The van der Waals surface area contributed by atoms with Gasteiger partial charge in [-0.3, -0.25) is 19.5 Å². The average molecular weight is 384 g/mol. The molecule has 8 nitrogen and oxygen atoms in total. The predicted octanol–water partition coefficient (Wildman–Crippen LogP) is 0.943. The summed E-state index contributed by atoms with van der Waals surface area (Å²) in [6.45, 7) is 6.28. The van der Waals surface area contributed by atoms with Crippen LogP contribution in [0.25, 0.3) is 0 Å². The summed E-state index contributed by atoms with van der Waals surface area (Å²) in [5.41, 5.74) is 1.03. The van der Waals surface area contributed by atoms with Gasteiger partial charge in [0, 0.05) is 57.5 Å². The zero-order chi connectivity index (χ0) is 20.1. The Hall–Kier alpha value is -2.74. The highest BCUT2D eigenvalue weighted by Gasteiger charge is 2.33. The van der Waals surface area contributed by atoms with Gasteiger partial charge in [-0.05, 0) is 25.5 Å². The first kappa shape index (κ1) is 20.0. The molecule has 3 rings (SSSR count). The number of carbonyl (C=O) groups excluding carboxylic acids is 2.